The van der Waals surface area contributed by atoms with Crippen LogP contribution in [0.15, 0.2) is 0 Å². The Morgan fingerprint density at radius 2 is 2.33 bits per heavy atom. The van der Waals surface area contributed by atoms with E-state index in [1.54, 1.807) is 0 Å². The smallest absolute Gasteiger partial charge is 0.250 e. The zero-order valence-corrected chi connectivity index (χ0v) is 6.37. The van der Waals surface area contributed by atoms with Crippen LogP contribution < -0.4 is 0 Å². The standard InChI is InChI=1S/C5H7ClO2.ClH/c6-5(7)4-2-1-3-8-4;/h4H,1-3H2;1H. The molecule has 54 valence electrons. The number of rotatable bonds is 1. The maximum atomic E-state index is 10.3. The minimum Gasteiger partial charge on any atom is -0.369 e. The maximum absolute atomic E-state index is 10.3. The summed E-state index contributed by atoms with van der Waals surface area (Å²) in [6.45, 7) is 0.684. The number of carbonyl (C=O) groups excluding carboxylic acids is 1. The molecule has 1 heterocycles. The van der Waals surface area contributed by atoms with E-state index in [0.29, 0.717) is 6.61 Å². The van der Waals surface area contributed by atoms with E-state index in [9.17, 15) is 4.79 Å². The third kappa shape index (κ3) is 2.52. The molecule has 2 nitrogen and oxygen atoms in total. The Hall–Kier alpha value is 0.210. The summed E-state index contributed by atoms with van der Waals surface area (Å²) in [5.74, 6) is 0. The predicted octanol–water partition coefficient (Wildman–Crippen LogP) is 1.35. The van der Waals surface area contributed by atoms with Crippen molar-refractivity contribution in [1.82, 2.24) is 0 Å². The second kappa shape index (κ2) is 4.09. The first-order chi connectivity index (χ1) is 3.80. The molecule has 0 spiro atoms. The quantitative estimate of drug-likeness (QED) is 0.556. The van der Waals surface area contributed by atoms with Crippen molar-refractivity contribution >= 4 is 29.3 Å². The minimum absolute atomic E-state index is 0. The minimum atomic E-state index is -0.359. The van der Waals surface area contributed by atoms with E-state index in [2.05, 4.69) is 0 Å². The average molecular weight is 171 g/mol. The molecule has 0 aromatic carbocycles. The summed E-state index contributed by atoms with van der Waals surface area (Å²) < 4.78 is 4.93. The number of hydrogen-bond acceptors (Lipinski definition) is 2. The van der Waals surface area contributed by atoms with E-state index < -0.39 is 0 Å². The molecule has 0 radical (unpaired) electrons. The summed E-state index contributed by atoms with van der Waals surface area (Å²) >= 11 is 5.12. The highest BCUT2D eigenvalue weighted by molar-refractivity contribution is 6.64. The number of halogens is 2. The third-order valence-electron chi connectivity index (χ3n) is 1.18. The summed E-state index contributed by atoms with van der Waals surface area (Å²) in [6.07, 6.45) is 1.45. The Balaban J connectivity index is 0.000000640. The van der Waals surface area contributed by atoms with Gasteiger partial charge in [0.25, 0.3) is 0 Å². The Morgan fingerprint density at radius 1 is 1.67 bits per heavy atom. The molecule has 0 aromatic rings. The van der Waals surface area contributed by atoms with Crippen molar-refractivity contribution in [2.45, 2.75) is 18.9 Å². The highest BCUT2D eigenvalue weighted by Gasteiger charge is 2.20. The summed E-state index contributed by atoms with van der Waals surface area (Å²) in [6, 6.07) is 0. The van der Waals surface area contributed by atoms with Crippen LogP contribution in [0.2, 0.25) is 0 Å². The maximum Gasteiger partial charge on any atom is 0.250 e. The van der Waals surface area contributed by atoms with Gasteiger partial charge in [-0.3, -0.25) is 4.79 Å². The summed E-state index contributed by atoms with van der Waals surface area (Å²) in [7, 11) is 0. The van der Waals surface area contributed by atoms with Gasteiger partial charge in [-0.25, -0.2) is 0 Å². The summed E-state index contributed by atoms with van der Waals surface area (Å²) in [5, 5.41) is -0.359. The summed E-state index contributed by atoms with van der Waals surface area (Å²) in [5.41, 5.74) is 0. The van der Waals surface area contributed by atoms with Crippen molar-refractivity contribution in [3.8, 4) is 0 Å². The van der Waals surface area contributed by atoms with Crippen LogP contribution in [0.4, 0.5) is 0 Å². The van der Waals surface area contributed by atoms with E-state index >= 15 is 0 Å². The number of hydrogen-bond donors (Lipinski definition) is 0. The average Bonchev–Trinajstić information content (AvgIpc) is 2.12. The zero-order valence-electron chi connectivity index (χ0n) is 4.80. The van der Waals surface area contributed by atoms with Crippen LogP contribution in [0.1, 0.15) is 12.8 Å². The van der Waals surface area contributed by atoms with Crippen LogP contribution in [0.25, 0.3) is 0 Å². The van der Waals surface area contributed by atoms with Crippen LogP contribution in [0.3, 0.4) is 0 Å². The molecule has 0 aliphatic carbocycles. The first kappa shape index (κ1) is 9.21. The van der Waals surface area contributed by atoms with Gasteiger partial charge in [0.1, 0.15) is 6.10 Å². The second-order valence-corrected chi connectivity index (χ2v) is 2.18. The molecule has 0 N–H and O–H groups in total. The van der Waals surface area contributed by atoms with Gasteiger partial charge in [-0.2, -0.15) is 0 Å². The van der Waals surface area contributed by atoms with Gasteiger partial charge in [-0.1, -0.05) is 0 Å². The molecule has 0 amide bonds. The molecule has 1 unspecified atom stereocenters. The Bertz CT molecular complexity index is 99.1. The van der Waals surface area contributed by atoms with Gasteiger partial charge in [-0.05, 0) is 24.4 Å². The molecule has 4 heteroatoms. The van der Waals surface area contributed by atoms with Crippen LogP contribution in [-0.2, 0) is 9.53 Å². The van der Waals surface area contributed by atoms with Gasteiger partial charge >= 0.3 is 0 Å². The SMILES string of the molecule is Cl.O=C(Cl)C1CCCO1. The van der Waals surface area contributed by atoms with Gasteiger partial charge in [0.15, 0.2) is 0 Å². The van der Waals surface area contributed by atoms with Gasteiger partial charge in [0.05, 0.1) is 0 Å². The Morgan fingerprint density at radius 3 is 2.56 bits per heavy atom. The highest BCUT2D eigenvalue weighted by Crippen LogP contribution is 2.13. The van der Waals surface area contributed by atoms with Gasteiger partial charge < -0.3 is 4.74 Å². The molecule has 1 rings (SSSR count). The van der Waals surface area contributed by atoms with Crippen LogP contribution >= 0.6 is 24.0 Å². The van der Waals surface area contributed by atoms with Crippen molar-refractivity contribution in [3.05, 3.63) is 0 Å². The van der Waals surface area contributed by atoms with E-state index in [4.69, 9.17) is 16.3 Å². The van der Waals surface area contributed by atoms with Crippen molar-refractivity contribution in [2.24, 2.45) is 0 Å². The van der Waals surface area contributed by atoms with Gasteiger partial charge in [0, 0.05) is 6.61 Å². The van der Waals surface area contributed by atoms with Gasteiger partial charge in [0.2, 0.25) is 5.24 Å². The van der Waals surface area contributed by atoms with E-state index in [-0.39, 0.29) is 23.8 Å². The molecule has 1 aliphatic rings. The molecule has 9 heavy (non-hydrogen) atoms. The first-order valence-electron chi connectivity index (χ1n) is 2.61. The van der Waals surface area contributed by atoms with Gasteiger partial charge in [-0.15, -0.1) is 12.4 Å². The molecule has 1 aliphatic heterocycles. The number of carbonyl (C=O) groups is 1. The van der Waals surface area contributed by atoms with Crippen molar-refractivity contribution in [3.63, 3.8) is 0 Å². The molecule has 1 atom stereocenters. The van der Waals surface area contributed by atoms with E-state index in [0.717, 1.165) is 12.8 Å². The van der Waals surface area contributed by atoms with E-state index in [1.807, 2.05) is 0 Å². The molecule has 1 fully saturated rings. The lowest BCUT2D eigenvalue weighted by molar-refractivity contribution is -0.119. The topological polar surface area (TPSA) is 26.3 Å². The monoisotopic (exact) mass is 170 g/mol. The van der Waals surface area contributed by atoms with Crippen LogP contribution in [0, 0.1) is 0 Å². The lowest BCUT2D eigenvalue weighted by Gasteiger charge is -1.98. The van der Waals surface area contributed by atoms with Crippen molar-refractivity contribution < 1.29 is 9.53 Å². The normalized spacial score (nSPS) is 25.2. The summed E-state index contributed by atoms with van der Waals surface area (Å²) in [4.78, 5) is 10.3. The van der Waals surface area contributed by atoms with Crippen molar-refractivity contribution in [2.75, 3.05) is 6.61 Å². The highest BCUT2D eigenvalue weighted by atomic mass is 35.5. The molecule has 1 saturated heterocycles. The fraction of sp³-hybridized carbons (Fsp3) is 0.800. The zero-order chi connectivity index (χ0) is 5.98. The Kier molecular flexibility index (Phi) is 4.19. The molecule has 0 saturated carbocycles. The molecular weight excluding hydrogens is 163 g/mol. The fourth-order valence-corrected chi connectivity index (χ4v) is 0.929. The third-order valence-corrected chi connectivity index (χ3v) is 1.43. The first-order valence-corrected chi connectivity index (χ1v) is 2.99. The van der Waals surface area contributed by atoms with E-state index in [1.165, 1.54) is 0 Å². The number of ether oxygens (including phenoxy) is 1. The largest absolute Gasteiger partial charge is 0.369 e. The predicted molar refractivity (Wildman–Crippen MR) is 37.1 cm³/mol. The van der Waals surface area contributed by atoms with Crippen LogP contribution in [0.5, 0.6) is 0 Å². The lowest BCUT2D eigenvalue weighted by atomic mass is 10.3. The molecular formula is C5H8Cl2O2. The fourth-order valence-electron chi connectivity index (χ4n) is 0.757. The Labute approximate surface area is 64.9 Å². The molecule has 0 bridgehead atoms. The second-order valence-electron chi connectivity index (χ2n) is 1.81. The lowest BCUT2D eigenvalue weighted by Crippen LogP contribution is -2.12. The van der Waals surface area contributed by atoms with Crippen molar-refractivity contribution in [1.29, 1.82) is 0 Å². The molecule has 0 aromatic heterocycles. The van der Waals surface area contributed by atoms with Crippen LogP contribution in [-0.4, -0.2) is 18.0 Å².